The lowest BCUT2D eigenvalue weighted by molar-refractivity contribution is 0.277. The molecule has 0 saturated heterocycles. The van der Waals surface area contributed by atoms with Crippen molar-refractivity contribution in [3.63, 3.8) is 0 Å². The van der Waals surface area contributed by atoms with Crippen LogP contribution in [0.3, 0.4) is 0 Å². The van der Waals surface area contributed by atoms with Crippen LogP contribution in [0, 0.1) is 13.8 Å². The molecule has 0 atom stereocenters. The molecule has 0 aromatic heterocycles. The highest BCUT2D eigenvalue weighted by Gasteiger charge is 1.90. The molecule has 25 heavy (non-hydrogen) atoms. The Kier molecular flexibility index (Phi) is 24.5. The summed E-state index contributed by atoms with van der Waals surface area (Å²) in [5, 5.41) is 0. The van der Waals surface area contributed by atoms with Crippen molar-refractivity contribution in [1.82, 2.24) is 0 Å². The van der Waals surface area contributed by atoms with E-state index in [2.05, 4.69) is 42.8 Å². The molecule has 0 fully saturated rings. The smallest absolute Gasteiger partial charge is 0.119 e. The SMILES string of the molecule is CC.CC.COC.COc1ccc(OC)cc1.Cc1ccc(C)cc1. The van der Waals surface area contributed by atoms with Crippen LogP contribution < -0.4 is 9.47 Å². The third-order valence-electron chi connectivity index (χ3n) is 2.51. The second-order valence-electron chi connectivity index (χ2n) is 4.44. The zero-order chi connectivity index (χ0) is 20.1. The number of benzene rings is 2. The molecule has 0 saturated carbocycles. The van der Waals surface area contributed by atoms with Crippen LogP contribution in [0.2, 0.25) is 0 Å². The van der Waals surface area contributed by atoms with Gasteiger partial charge in [-0.1, -0.05) is 63.1 Å². The lowest BCUT2D eigenvalue weighted by Gasteiger charge is -2.00. The molecule has 3 heteroatoms. The monoisotopic (exact) mass is 350 g/mol. The Hall–Kier alpha value is -2.00. The van der Waals surface area contributed by atoms with Gasteiger partial charge in [-0.05, 0) is 38.1 Å². The Morgan fingerprint density at radius 3 is 0.840 bits per heavy atom. The van der Waals surface area contributed by atoms with Crippen LogP contribution in [-0.2, 0) is 4.74 Å². The van der Waals surface area contributed by atoms with Gasteiger partial charge >= 0.3 is 0 Å². The molecule has 2 rings (SSSR count). The van der Waals surface area contributed by atoms with Crippen LogP contribution in [0.5, 0.6) is 11.5 Å². The molecule has 2 aromatic carbocycles. The molecular weight excluding hydrogens is 312 g/mol. The van der Waals surface area contributed by atoms with Crippen molar-refractivity contribution in [3.8, 4) is 11.5 Å². The highest BCUT2D eigenvalue weighted by atomic mass is 16.5. The number of hydrogen-bond acceptors (Lipinski definition) is 3. The predicted octanol–water partition coefficient (Wildman–Crippen LogP) is 6.32. The molecular formula is C22H38O3. The fourth-order valence-electron chi connectivity index (χ4n) is 1.35. The van der Waals surface area contributed by atoms with Crippen LogP contribution >= 0.6 is 0 Å². The first-order chi connectivity index (χ1) is 12.1. The van der Waals surface area contributed by atoms with Crippen molar-refractivity contribution in [2.24, 2.45) is 0 Å². The summed E-state index contributed by atoms with van der Waals surface area (Å²) in [6.07, 6.45) is 0. The first-order valence-electron chi connectivity index (χ1n) is 8.68. The standard InChI is InChI=1S/C8H10O2.C8H10.C2H6O.2C2H6/c1-9-7-3-5-8(10-2)6-4-7;1-7-3-5-8(2)6-4-7;1-3-2;2*1-2/h3-6H,1-2H3;3-6H,1-2H3;1-2H3;2*1-2H3. The average Bonchev–Trinajstić information content (AvgIpc) is 2.68. The summed E-state index contributed by atoms with van der Waals surface area (Å²) >= 11 is 0. The summed E-state index contributed by atoms with van der Waals surface area (Å²) in [5.41, 5.74) is 2.66. The minimum atomic E-state index is 0.848. The summed E-state index contributed by atoms with van der Waals surface area (Å²) in [5.74, 6) is 1.70. The Morgan fingerprint density at radius 1 is 0.480 bits per heavy atom. The van der Waals surface area contributed by atoms with Crippen molar-refractivity contribution >= 4 is 0 Å². The van der Waals surface area contributed by atoms with Gasteiger partial charge in [0.1, 0.15) is 11.5 Å². The Morgan fingerprint density at radius 2 is 0.680 bits per heavy atom. The van der Waals surface area contributed by atoms with E-state index in [9.17, 15) is 0 Å². The lowest BCUT2D eigenvalue weighted by Crippen LogP contribution is -1.83. The molecule has 0 bridgehead atoms. The number of ether oxygens (including phenoxy) is 3. The molecule has 0 aliphatic carbocycles. The fraction of sp³-hybridized carbons (Fsp3) is 0.455. The predicted molar refractivity (Wildman–Crippen MR) is 111 cm³/mol. The van der Waals surface area contributed by atoms with Gasteiger partial charge in [-0.2, -0.15) is 0 Å². The first-order valence-corrected chi connectivity index (χ1v) is 8.68. The average molecular weight is 351 g/mol. The van der Waals surface area contributed by atoms with Gasteiger partial charge in [-0.15, -0.1) is 0 Å². The number of hydrogen-bond donors (Lipinski definition) is 0. The quantitative estimate of drug-likeness (QED) is 0.634. The summed E-state index contributed by atoms with van der Waals surface area (Å²) < 4.78 is 14.2. The largest absolute Gasteiger partial charge is 0.497 e. The van der Waals surface area contributed by atoms with Crippen molar-refractivity contribution in [3.05, 3.63) is 59.7 Å². The van der Waals surface area contributed by atoms with Gasteiger partial charge in [0.2, 0.25) is 0 Å². The Balaban J connectivity index is -0.000000289. The van der Waals surface area contributed by atoms with Crippen LogP contribution in [0.4, 0.5) is 0 Å². The second kappa shape index (κ2) is 22.0. The van der Waals surface area contributed by atoms with Crippen molar-refractivity contribution < 1.29 is 14.2 Å². The van der Waals surface area contributed by atoms with Crippen molar-refractivity contribution in [2.45, 2.75) is 41.5 Å². The molecule has 0 spiro atoms. The maximum atomic E-state index is 4.96. The second-order valence-corrected chi connectivity index (χ2v) is 4.44. The van der Waals surface area contributed by atoms with E-state index in [4.69, 9.17) is 9.47 Å². The molecule has 0 amide bonds. The minimum absolute atomic E-state index is 0.848. The first kappa shape index (κ1) is 27.8. The number of methoxy groups -OCH3 is 3. The number of rotatable bonds is 2. The van der Waals surface area contributed by atoms with Gasteiger partial charge in [-0.3, -0.25) is 0 Å². The summed E-state index contributed by atoms with van der Waals surface area (Å²) in [6, 6.07) is 15.9. The zero-order valence-electron chi connectivity index (χ0n) is 17.8. The van der Waals surface area contributed by atoms with Crippen LogP contribution in [0.25, 0.3) is 0 Å². The molecule has 0 heterocycles. The molecule has 3 nitrogen and oxygen atoms in total. The highest BCUT2D eigenvalue weighted by molar-refractivity contribution is 5.30. The highest BCUT2D eigenvalue weighted by Crippen LogP contribution is 2.15. The van der Waals surface area contributed by atoms with Gasteiger partial charge in [-0.25, -0.2) is 0 Å². The van der Waals surface area contributed by atoms with Gasteiger partial charge in [0.25, 0.3) is 0 Å². The van der Waals surface area contributed by atoms with E-state index in [1.807, 2.05) is 52.0 Å². The van der Waals surface area contributed by atoms with Gasteiger partial charge in [0, 0.05) is 14.2 Å². The van der Waals surface area contributed by atoms with Gasteiger partial charge in [0.05, 0.1) is 14.2 Å². The Labute approximate surface area is 156 Å². The third-order valence-corrected chi connectivity index (χ3v) is 2.51. The number of aryl methyl sites for hydroxylation is 2. The molecule has 0 unspecified atom stereocenters. The topological polar surface area (TPSA) is 27.7 Å². The molecule has 2 aromatic rings. The van der Waals surface area contributed by atoms with Crippen LogP contribution in [0.1, 0.15) is 38.8 Å². The molecule has 0 N–H and O–H groups in total. The molecule has 0 radical (unpaired) electrons. The maximum Gasteiger partial charge on any atom is 0.119 e. The minimum Gasteiger partial charge on any atom is -0.497 e. The molecule has 144 valence electrons. The summed E-state index contributed by atoms with van der Waals surface area (Å²) in [7, 11) is 6.53. The lowest BCUT2D eigenvalue weighted by atomic mass is 10.2. The van der Waals surface area contributed by atoms with E-state index in [1.165, 1.54) is 11.1 Å². The van der Waals surface area contributed by atoms with E-state index >= 15 is 0 Å². The Bertz CT molecular complexity index is 418. The molecule has 0 aliphatic heterocycles. The summed E-state index contributed by atoms with van der Waals surface area (Å²) in [4.78, 5) is 0. The molecule has 0 aliphatic rings. The van der Waals surface area contributed by atoms with E-state index < -0.39 is 0 Å². The normalized spacial score (nSPS) is 7.76. The third kappa shape index (κ3) is 18.2. The van der Waals surface area contributed by atoms with Crippen LogP contribution in [-0.4, -0.2) is 28.4 Å². The van der Waals surface area contributed by atoms with Gasteiger partial charge < -0.3 is 14.2 Å². The van der Waals surface area contributed by atoms with Gasteiger partial charge in [0.15, 0.2) is 0 Å². The van der Waals surface area contributed by atoms with Crippen molar-refractivity contribution in [2.75, 3.05) is 28.4 Å². The zero-order valence-corrected chi connectivity index (χ0v) is 17.8. The van der Waals surface area contributed by atoms with Crippen molar-refractivity contribution in [1.29, 1.82) is 0 Å². The summed E-state index contributed by atoms with van der Waals surface area (Å²) in [6.45, 7) is 12.2. The van der Waals surface area contributed by atoms with E-state index in [0.29, 0.717) is 0 Å². The fourth-order valence-corrected chi connectivity index (χ4v) is 1.35. The van der Waals surface area contributed by atoms with E-state index in [0.717, 1.165) is 11.5 Å². The van der Waals surface area contributed by atoms with Crippen LogP contribution in [0.15, 0.2) is 48.5 Å². The van der Waals surface area contributed by atoms with E-state index in [-0.39, 0.29) is 0 Å². The van der Waals surface area contributed by atoms with E-state index in [1.54, 1.807) is 28.4 Å². The maximum absolute atomic E-state index is 4.96.